The first-order valence-corrected chi connectivity index (χ1v) is 13.1. The Hall–Kier alpha value is -3.85. The van der Waals surface area contributed by atoms with Crippen molar-refractivity contribution < 1.29 is 22.4 Å². The van der Waals surface area contributed by atoms with Crippen LogP contribution in [-0.4, -0.2) is 32.1 Å². The number of nitrogens with one attached hydrogen (secondary N) is 2. The number of carbonyl (C=O) groups excluding carboxylic acids is 1. The molecule has 1 aliphatic carbocycles. The van der Waals surface area contributed by atoms with Gasteiger partial charge in [-0.15, -0.1) is 0 Å². The van der Waals surface area contributed by atoms with Gasteiger partial charge in [-0.2, -0.15) is 4.98 Å². The lowest BCUT2D eigenvalue weighted by molar-refractivity contribution is 0.0964. The van der Waals surface area contributed by atoms with Gasteiger partial charge in [-0.05, 0) is 73.7 Å². The standard InChI is InChI=1S/C26H25N3O5S/c1-3-35(31,32)29-24-20(16-9-10-16)15-21-22(25(30)27-2)23(34-26(21)28-24)17-11-13-19(14-12-17)33-18-7-5-4-6-8-18/h4-8,11-16H,3,9-10H2,1-2H3,(H,27,30)(H,28,29). The van der Waals surface area contributed by atoms with Crippen LogP contribution in [0.2, 0.25) is 0 Å². The molecule has 1 aliphatic rings. The number of amides is 1. The van der Waals surface area contributed by atoms with Crippen LogP contribution in [0.3, 0.4) is 0 Å². The molecule has 0 saturated heterocycles. The van der Waals surface area contributed by atoms with Crippen LogP contribution in [0.15, 0.2) is 65.1 Å². The Kier molecular flexibility index (Phi) is 5.94. The Morgan fingerprint density at radius 3 is 2.40 bits per heavy atom. The van der Waals surface area contributed by atoms with E-state index < -0.39 is 10.0 Å². The number of pyridine rings is 1. The number of anilines is 1. The highest BCUT2D eigenvalue weighted by atomic mass is 32.2. The number of nitrogens with zero attached hydrogens (tertiary/aromatic N) is 1. The molecule has 2 heterocycles. The number of sulfonamides is 1. The van der Waals surface area contributed by atoms with Gasteiger partial charge in [0.15, 0.2) is 0 Å². The highest BCUT2D eigenvalue weighted by Crippen LogP contribution is 2.45. The molecule has 1 saturated carbocycles. The van der Waals surface area contributed by atoms with Gasteiger partial charge >= 0.3 is 0 Å². The fourth-order valence-electron chi connectivity index (χ4n) is 3.90. The maximum absolute atomic E-state index is 12.9. The van der Waals surface area contributed by atoms with Crippen molar-refractivity contribution in [1.82, 2.24) is 10.3 Å². The number of hydrogen-bond donors (Lipinski definition) is 2. The van der Waals surface area contributed by atoms with Crippen molar-refractivity contribution in [2.75, 3.05) is 17.5 Å². The summed E-state index contributed by atoms with van der Waals surface area (Å²) in [7, 11) is -1.97. The van der Waals surface area contributed by atoms with Crippen molar-refractivity contribution in [3.63, 3.8) is 0 Å². The fourth-order valence-corrected chi connectivity index (χ4v) is 4.50. The van der Waals surface area contributed by atoms with Gasteiger partial charge in [0.2, 0.25) is 15.7 Å². The normalized spacial score (nSPS) is 13.5. The minimum atomic E-state index is -3.52. The number of benzene rings is 2. The summed E-state index contributed by atoms with van der Waals surface area (Å²) in [6.45, 7) is 1.57. The zero-order valence-electron chi connectivity index (χ0n) is 19.4. The van der Waals surface area contributed by atoms with Crippen LogP contribution in [0.1, 0.15) is 41.6 Å². The molecule has 35 heavy (non-hydrogen) atoms. The van der Waals surface area contributed by atoms with E-state index >= 15 is 0 Å². The first kappa shape index (κ1) is 22.9. The van der Waals surface area contributed by atoms with Gasteiger partial charge in [0, 0.05) is 12.6 Å². The smallest absolute Gasteiger partial charge is 0.255 e. The molecule has 2 aromatic heterocycles. The third-order valence-corrected chi connectivity index (χ3v) is 7.18. The number of rotatable bonds is 8. The third kappa shape index (κ3) is 4.72. The fraction of sp³-hybridized carbons (Fsp3) is 0.231. The third-order valence-electron chi connectivity index (χ3n) is 5.91. The lowest BCUT2D eigenvalue weighted by atomic mass is 10.0. The van der Waals surface area contributed by atoms with Crippen molar-refractivity contribution in [1.29, 1.82) is 0 Å². The molecule has 0 spiro atoms. The Morgan fingerprint density at radius 2 is 1.77 bits per heavy atom. The van der Waals surface area contributed by atoms with Crippen molar-refractivity contribution in [3.05, 3.63) is 71.8 Å². The second-order valence-electron chi connectivity index (χ2n) is 8.38. The number of fused-ring (bicyclic) bond motifs is 1. The summed E-state index contributed by atoms with van der Waals surface area (Å²) in [5.41, 5.74) is 2.00. The zero-order valence-corrected chi connectivity index (χ0v) is 20.2. The van der Waals surface area contributed by atoms with Crippen molar-refractivity contribution in [2.45, 2.75) is 25.7 Å². The number of furan rings is 1. The molecule has 180 valence electrons. The van der Waals surface area contributed by atoms with Gasteiger partial charge in [-0.25, -0.2) is 8.42 Å². The number of carbonyl (C=O) groups is 1. The highest BCUT2D eigenvalue weighted by Gasteiger charge is 2.31. The van der Waals surface area contributed by atoms with E-state index in [1.807, 2.05) is 48.5 Å². The molecule has 9 heteroatoms. The molecule has 5 rings (SSSR count). The Morgan fingerprint density at radius 1 is 1.09 bits per heavy atom. The minimum absolute atomic E-state index is 0.0683. The van der Waals surface area contributed by atoms with E-state index in [0.717, 1.165) is 18.4 Å². The summed E-state index contributed by atoms with van der Waals surface area (Å²) in [6.07, 6.45) is 1.88. The Bertz CT molecular complexity index is 1490. The molecule has 0 unspecified atom stereocenters. The molecular weight excluding hydrogens is 466 g/mol. The lowest BCUT2D eigenvalue weighted by Gasteiger charge is -2.10. The molecule has 1 fully saturated rings. The van der Waals surface area contributed by atoms with E-state index in [0.29, 0.717) is 33.8 Å². The van der Waals surface area contributed by atoms with E-state index in [-0.39, 0.29) is 29.1 Å². The number of para-hydroxylation sites is 1. The van der Waals surface area contributed by atoms with Gasteiger partial charge < -0.3 is 14.5 Å². The van der Waals surface area contributed by atoms with Gasteiger partial charge in [-0.3, -0.25) is 9.52 Å². The average Bonchev–Trinajstić information content (AvgIpc) is 3.64. The first-order chi connectivity index (χ1) is 16.9. The van der Waals surface area contributed by atoms with Crippen LogP contribution >= 0.6 is 0 Å². The largest absolute Gasteiger partial charge is 0.457 e. The zero-order chi connectivity index (χ0) is 24.6. The summed E-state index contributed by atoms with van der Waals surface area (Å²) in [6, 6.07) is 18.5. The molecule has 0 aliphatic heterocycles. The van der Waals surface area contributed by atoms with E-state index in [1.54, 1.807) is 26.1 Å². The van der Waals surface area contributed by atoms with Crippen LogP contribution in [-0.2, 0) is 10.0 Å². The van der Waals surface area contributed by atoms with E-state index in [9.17, 15) is 13.2 Å². The number of hydrogen-bond acceptors (Lipinski definition) is 6. The van der Waals surface area contributed by atoms with Gasteiger partial charge in [0.05, 0.1) is 16.7 Å². The summed E-state index contributed by atoms with van der Waals surface area (Å²) in [5.74, 6) is 1.80. The molecule has 2 N–H and O–H groups in total. The molecule has 8 nitrogen and oxygen atoms in total. The quantitative estimate of drug-likeness (QED) is 0.347. The SMILES string of the molecule is CCS(=O)(=O)Nc1nc2oc(-c3ccc(Oc4ccccc4)cc3)c(C(=O)NC)c2cc1C1CC1. The van der Waals surface area contributed by atoms with E-state index in [2.05, 4.69) is 15.0 Å². The van der Waals surface area contributed by atoms with Crippen LogP contribution in [0.25, 0.3) is 22.4 Å². The van der Waals surface area contributed by atoms with E-state index in [4.69, 9.17) is 9.15 Å². The lowest BCUT2D eigenvalue weighted by Crippen LogP contribution is -2.18. The monoisotopic (exact) mass is 491 g/mol. The Balaban J connectivity index is 1.59. The van der Waals surface area contributed by atoms with Gasteiger partial charge in [-0.1, -0.05) is 18.2 Å². The molecule has 0 atom stereocenters. The molecule has 0 radical (unpaired) electrons. The van der Waals surface area contributed by atoms with Crippen molar-refractivity contribution in [3.8, 4) is 22.8 Å². The first-order valence-electron chi connectivity index (χ1n) is 11.4. The van der Waals surface area contributed by atoms with Crippen molar-refractivity contribution >= 4 is 32.8 Å². The molecule has 2 aromatic carbocycles. The minimum Gasteiger partial charge on any atom is -0.457 e. The van der Waals surface area contributed by atoms with Crippen molar-refractivity contribution in [2.24, 2.45) is 0 Å². The number of ether oxygens (including phenoxy) is 1. The Labute approximate surface area is 203 Å². The maximum atomic E-state index is 12.9. The topological polar surface area (TPSA) is 111 Å². The van der Waals surface area contributed by atoms with Crippen LogP contribution in [0.4, 0.5) is 5.82 Å². The second-order valence-corrected chi connectivity index (χ2v) is 10.4. The molecule has 0 bridgehead atoms. The van der Waals surface area contributed by atoms with Gasteiger partial charge in [0.25, 0.3) is 5.91 Å². The highest BCUT2D eigenvalue weighted by molar-refractivity contribution is 7.92. The summed E-state index contributed by atoms with van der Waals surface area (Å²) in [4.78, 5) is 17.4. The predicted octanol–water partition coefficient (Wildman–Crippen LogP) is 5.29. The van der Waals surface area contributed by atoms with Crippen LogP contribution < -0.4 is 14.8 Å². The van der Waals surface area contributed by atoms with Gasteiger partial charge in [0.1, 0.15) is 23.1 Å². The molecular formula is C26H25N3O5S. The number of aromatic nitrogens is 1. The van der Waals surface area contributed by atoms with Crippen LogP contribution in [0.5, 0.6) is 11.5 Å². The maximum Gasteiger partial charge on any atom is 0.255 e. The predicted molar refractivity (Wildman–Crippen MR) is 134 cm³/mol. The second kappa shape index (κ2) is 9.07. The van der Waals surface area contributed by atoms with Crippen LogP contribution in [0, 0.1) is 0 Å². The molecule has 4 aromatic rings. The molecule has 1 amide bonds. The average molecular weight is 492 g/mol. The van der Waals surface area contributed by atoms with E-state index in [1.165, 1.54) is 0 Å². The summed E-state index contributed by atoms with van der Waals surface area (Å²) < 4.78 is 39.0. The summed E-state index contributed by atoms with van der Waals surface area (Å²) in [5, 5.41) is 3.22. The summed E-state index contributed by atoms with van der Waals surface area (Å²) >= 11 is 0.